The molecule has 2 unspecified atom stereocenters. The molecule has 0 aromatic carbocycles. The molecule has 96 valence electrons. The maximum atomic E-state index is 10.3. The van der Waals surface area contributed by atoms with Crippen molar-refractivity contribution in [3.63, 3.8) is 0 Å². The lowest BCUT2D eigenvalue weighted by Crippen LogP contribution is -1.93. The second-order valence-corrected chi connectivity index (χ2v) is 3.95. The summed E-state index contributed by atoms with van der Waals surface area (Å²) in [7, 11) is 0. The van der Waals surface area contributed by atoms with Gasteiger partial charge in [0.2, 0.25) is 0 Å². The van der Waals surface area contributed by atoms with Crippen LogP contribution in [0.15, 0.2) is 0 Å². The number of aliphatic carboxylic acids is 1. The van der Waals surface area contributed by atoms with Crippen molar-refractivity contribution >= 4 is 5.97 Å². The fraction of sp³-hybridized carbons (Fsp3) is 0.929. The van der Waals surface area contributed by atoms with Crippen molar-refractivity contribution in [2.75, 3.05) is 0 Å². The normalized spacial score (nSPS) is 22.6. The molecular weight excluding hydrogens is 200 g/mol. The third-order valence-electron chi connectivity index (χ3n) is 2.46. The van der Waals surface area contributed by atoms with Gasteiger partial charge in [-0.3, -0.25) is 4.79 Å². The molecule has 0 heterocycles. The van der Waals surface area contributed by atoms with E-state index < -0.39 is 32.0 Å². The number of carboxylic acid groups (broad SMARTS) is 1. The first-order chi connectivity index (χ1) is 10.5. The minimum atomic E-state index is -2.88. The highest BCUT2D eigenvalue weighted by molar-refractivity contribution is 5.66. The van der Waals surface area contributed by atoms with Gasteiger partial charge in [-0.05, 0) is 6.42 Å². The van der Waals surface area contributed by atoms with E-state index in [9.17, 15) is 4.79 Å². The van der Waals surface area contributed by atoms with Crippen LogP contribution in [0.25, 0.3) is 0 Å². The molecule has 0 bridgehead atoms. The SMILES string of the molecule is [2H]C(CCCCCCCCCC(=O)O)C([2H])C([2H])([2H])C([2H])([2H])[2H]. The lowest BCUT2D eigenvalue weighted by Gasteiger charge is -2.01. The number of rotatable bonds is 12. The van der Waals surface area contributed by atoms with Gasteiger partial charge in [0.05, 0.1) is 0 Å². The molecular formula is C14H28O2. The molecule has 0 aromatic rings. The average molecular weight is 235 g/mol. The van der Waals surface area contributed by atoms with E-state index in [1.807, 2.05) is 0 Å². The Morgan fingerprint density at radius 2 is 1.56 bits per heavy atom. The Morgan fingerprint density at radius 3 is 2.12 bits per heavy atom. The van der Waals surface area contributed by atoms with Crippen LogP contribution in [0.1, 0.15) is 93.4 Å². The zero-order chi connectivity index (χ0) is 18.1. The van der Waals surface area contributed by atoms with Crippen LogP contribution in [0.3, 0.4) is 0 Å². The first kappa shape index (κ1) is 7.03. The molecule has 0 aromatic heterocycles. The molecule has 0 saturated heterocycles. The quantitative estimate of drug-likeness (QED) is 0.495. The monoisotopic (exact) mass is 235 g/mol. The van der Waals surface area contributed by atoms with Gasteiger partial charge < -0.3 is 5.11 Å². The molecule has 2 atom stereocenters. The third-order valence-corrected chi connectivity index (χ3v) is 2.46. The van der Waals surface area contributed by atoms with Crippen LogP contribution >= 0.6 is 0 Å². The fourth-order valence-electron chi connectivity index (χ4n) is 1.56. The van der Waals surface area contributed by atoms with E-state index in [2.05, 4.69) is 0 Å². The molecule has 2 nitrogen and oxygen atoms in total. The summed E-state index contributed by atoms with van der Waals surface area (Å²) < 4.78 is 51.9. The first-order valence-electron chi connectivity index (χ1n) is 9.72. The number of carboxylic acids is 1. The van der Waals surface area contributed by atoms with E-state index in [4.69, 9.17) is 14.7 Å². The van der Waals surface area contributed by atoms with E-state index in [0.717, 1.165) is 32.1 Å². The van der Waals surface area contributed by atoms with E-state index in [1.54, 1.807) is 0 Å². The van der Waals surface area contributed by atoms with Crippen LogP contribution < -0.4 is 0 Å². The highest BCUT2D eigenvalue weighted by atomic mass is 16.4. The lowest BCUT2D eigenvalue weighted by molar-refractivity contribution is -0.137. The van der Waals surface area contributed by atoms with Gasteiger partial charge in [-0.15, -0.1) is 0 Å². The Morgan fingerprint density at radius 1 is 1.00 bits per heavy atom. The number of hydrogen-bond donors (Lipinski definition) is 1. The van der Waals surface area contributed by atoms with Gasteiger partial charge >= 0.3 is 5.97 Å². The lowest BCUT2D eigenvalue weighted by atomic mass is 10.1. The zero-order valence-corrected chi connectivity index (χ0v) is 9.87. The number of unbranched alkanes of at least 4 members (excludes halogenated alkanes) is 6. The van der Waals surface area contributed by atoms with Gasteiger partial charge in [0.25, 0.3) is 0 Å². The van der Waals surface area contributed by atoms with Crippen LogP contribution in [-0.4, -0.2) is 11.1 Å². The Kier molecular flexibility index (Phi) is 5.51. The molecule has 0 saturated carbocycles. The molecule has 0 aliphatic rings. The maximum Gasteiger partial charge on any atom is 0.303 e. The van der Waals surface area contributed by atoms with Crippen molar-refractivity contribution in [1.82, 2.24) is 0 Å². The highest BCUT2D eigenvalue weighted by Gasteiger charge is 1.96. The minimum Gasteiger partial charge on any atom is -0.481 e. The van der Waals surface area contributed by atoms with Crippen molar-refractivity contribution < 1.29 is 19.5 Å². The van der Waals surface area contributed by atoms with E-state index in [0.29, 0.717) is 19.3 Å². The van der Waals surface area contributed by atoms with Crippen molar-refractivity contribution in [2.24, 2.45) is 0 Å². The van der Waals surface area contributed by atoms with Crippen LogP contribution in [0.4, 0.5) is 0 Å². The number of hydrogen-bond acceptors (Lipinski definition) is 1. The Balaban J connectivity index is 3.79. The summed E-state index contributed by atoms with van der Waals surface area (Å²) in [6.07, 6.45) is 1.27. The standard InChI is InChI=1S/C14H28O2/c1-2-3-4-5-6-7-8-9-10-11-12-13-14(15)16/h2-13H2,1H3,(H,15,16)/i1D3,2D2,3D,4D. The summed E-state index contributed by atoms with van der Waals surface area (Å²) in [6.45, 7) is -2.88. The summed E-state index contributed by atoms with van der Waals surface area (Å²) in [4.78, 5) is 10.3. The highest BCUT2D eigenvalue weighted by Crippen LogP contribution is 2.11. The largest absolute Gasteiger partial charge is 0.481 e. The summed E-state index contributed by atoms with van der Waals surface area (Å²) in [5.74, 6) is -0.770. The average Bonchev–Trinajstić information content (AvgIpc) is 2.42. The second kappa shape index (κ2) is 12.5. The van der Waals surface area contributed by atoms with E-state index in [-0.39, 0.29) is 6.42 Å². The molecule has 0 spiro atoms. The predicted molar refractivity (Wildman–Crippen MR) is 68.7 cm³/mol. The van der Waals surface area contributed by atoms with Gasteiger partial charge in [-0.2, -0.15) is 0 Å². The Bertz CT molecular complexity index is 345. The van der Waals surface area contributed by atoms with Crippen molar-refractivity contribution in [1.29, 1.82) is 0 Å². The van der Waals surface area contributed by atoms with Gasteiger partial charge in [-0.25, -0.2) is 0 Å². The Labute approximate surface area is 110 Å². The molecule has 0 radical (unpaired) electrons. The maximum absolute atomic E-state index is 10.3. The van der Waals surface area contributed by atoms with Crippen LogP contribution in [0, 0.1) is 0 Å². The molecule has 0 rings (SSSR count). The summed E-state index contributed by atoms with van der Waals surface area (Å²) in [5.41, 5.74) is 0. The minimum absolute atomic E-state index is 0.205. The summed E-state index contributed by atoms with van der Waals surface area (Å²) in [5, 5.41) is 8.50. The molecule has 2 heteroatoms. The van der Waals surface area contributed by atoms with Crippen molar-refractivity contribution in [3.05, 3.63) is 0 Å². The van der Waals surface area contributed by atoms with Crippen molar-refractivity contribution in [3.8, 4) is 0 Å². The molecule has 0 amide bonds. The molecule has 1 N–H and O–H groups in total. The number of carbonyl (C=O) groups is 1. The van der Waals surface area contributed by atoms with Gasteiger partial charge in [-0.1, -0.05) is 71.0 Å². The smallest absolute Gasteiger partial charge is 0.303 e. The zero-order valence-electron chi connectivity index (χ0n) is 16.9. The molecule has 0 aliphatic heterocycles. The molecule has 16 heavy (non-hydrogen) atoms. The van der Waals surface area contributed by atoms with Crippen LogP contribution in [0.5, 0.6) is 0 Å². The predicted octanol–water partition coefficient (Wildman–Crippen LogP) is 4.77. The van der Waals surface area contributed by atoms with E-state index in [1.165, 1.54) is 0 Å². The van der Waals surface area contributed by atoms with Crippen LogP contribution in [-0.2, 0) is 4.79 Å². The fourth-order valence-corrected chi connectivity index (χ4v) is 1.56. The van der Waals surface area contributed by atoms with Crippen molar-refractivity contribution in [2.45, 2.75) is 83.8 Å². The van der Waals surface area contributed by atoms with Gasteiger partial charge in [0, 0.05) is 16.0 Å². The third kappa shape index (κ3) is 13.5. The second-order valence-electron chi connectivity index (χ2n) is 3.95. The van der Waals surface area contributed by atoms with E-state index >= 15 is 0 Å². The van der Waals surface area contributed by atoms with Gasteiger partial charge in [0.1, 0.15) is 0 Å². The topological polar surface area (TPSA) is 37.3 Å². The molecule has 0 aliphatic carbocycles. The summed E-state index contributed by atoms with van der Waals surface area (Å²) >= 11 is 0. The first-order valence-corrected chi connectivity index (χ1v) is 6.06. The van der Waals surface area contributed by atoms with Gasteiger partial charge in [0.15, 0.2) is 0 Å². The molecule has 0 fully saturated rings. The Hall–Kier alpha value is -0.530. The summed E-state index contributed by atoms with van der Waals surface area (Å²) in [6, 6.07) is 0. The van der Waals surface area contributed by atoms with Crippen LogP contribution in [0.2, 0.25) is 0 Å².